The van der Waals surface area contributed by atoms with Crippen molar-refractivity contribution in [1.82, 2.24) is 19.7 Å². The number of hydrogen-bond donors (Lipinski definition) is 2. The summed E-state index contributed by atoms with van der Waals surface area (Å²) in [5.74, 6) is 1.31. The van der Waals surface area contributed by atoms with Gasteiger partial charge in [-0.1, -0.05) is 6.07 Å². The number of ether oxygens (including phenoxy) is 1. The first kappa shape index (κ1) is 21.9. The number of aryl methyl sites for hydroxylation is 2. The second kappa shape index (κ2) is 9.51. The van der Waals surface area contributed by atoms with Crippen molar-refractivity contribution in [2.24, 2.45) is 7.05 Å². The normalized spacial score (nSPS) is 16.2. The van der Waals surface area contributed by atoms with Gasteiger partial charge in [0.25, 0.3) is 0 Å². The van der Waals surface area contributed by atoms with Crippen LogP contribution in [0.3, 0.4) is 0 Å². The van der Waals surface area contributed by atoms with Gasteiger partial charge in [0.15, 0.2) is 0 Å². The second-order valence-electron chi connectivity index (χ2n) is 8.91. The highest BCUT2D eigenvalue weighted by molar-refractivity contribution is 7.11. The second-order valence-corrected chi connectivity index (χ2v) is 10.0. The van der Waals surface area contributed by atoms with E-state index < -0.39 is 5.97 Å². The summed E-state index contributed by atoms with van der Waals surface area (Å²) in [5, 5.41) is 18.5. The van der Waals surface area contributed by atoms with Crippen LogP contribution >= 0.6 is 11.3 Å². The smallest absolute Gasteiger partial charge is 0.304 e. The van der Waals surface area contributed by atoms with Crippen LogP contribution in [0.2, 0.25) is 0 Å². The predicted octanol–water partition coefficient (Wildman–Crippen LogP) is 3.93. The van der Waals surface area contributed by atoms with Gasteiger partial charge in [0.05, 0.1) is 23.7 Å². The number of nitrogens with zero attached hydrogens (tertiary/aromatic N) is 4. The minimum atomic E-state index is -0.805. The van der Waals surface area contributed by atoms with Crippen LogP contribution in [-0.2, 0) is 31.1 Å². The van der Waals surface area contributed by atoms with Crippen LogP contribution < -0.4 is 10.1 Å². The van der Waals surface area contributed by atoms with E-state index >= 15 is 0 Å². The Morgan fingerprint density at radius 3 is 3.06 bits per heavy atom. The van der Waals surface area contributed by atoms with E-state index in [4.69, 9.17) is 9.72 Å². The first-order chi connectivity index (χ1) is 16.0. The zero-order valence-electron chi connectivity index (χ0n) is 18.8. The largest absolute Gasteiger partial charge is 0.481 e. The number of aromatic nitrogens is 4. The summed E-state index contributed by atoms with van der Waals surface area (Å²) < 4.78 is 7.71. The van der Waals surface area contributed by atoms with Gasteiger partial charge in [-0.2, -0.15) is 5.10 Å². The average molecular weight is 468 g/mol. The van der Waals surface area contributed by atoms with Gasteiger partial charge in [-0.05, 0) is 43.7 Å². The Kier molecular flexibility index (Phi) is 6.30. The summed E-state index contributed by atoms with van der Waals surface area (Å²) in [6.07, 6.45) is 7.79. The molecule has 1 unspecified atom stereocenters. The standard InChI is InChI=1S/C24H29N5O3S/c1-29-21(32-10-8-18-7-6-15-3-2-9-25-23(15)27-18)13-19(28-29)11-17(12-22(30)31)20-14-26-24(33-20)16-4-5-16/h6-7,13-14,16-17H,2-5,8-12H2,1H3,(H,25,27)(H,30,31). The van der Waals surface area contributed by atoms with Crippen molar-refractivity contribution >= 4 is 23.1 Å². The highest BCUT2D eigenvalue weighted by Gasteiger charge is 2.28. The molecule has 33 heavy (non-hydrogen) atoms. The van der Waals surface area contributed by atoms with Gasteiger partial charge in [-0.25, -0.2) is 14.6 Å². The van der Waals surface area contributed by atoms with Gasteiger partial charge in [0, 0.05) is 54.7 Å². The number of carboxylic acids is 1. The number of rotatable bonds is 10. The fraction of sp³-hybridized carbons (Fsp3) is 0.500. The molecule has 0 saturated heterocycles. The molecule has 0 bridgehead atoms. The third-order valence-electron chi connectivity index (χ3n) is 6.19. The van der Waals surface area contributed by atoms with Crippen molar-refractivity contribution in [1.29, 1.82) is 0 Å². The van der Waals surface area contributed by atoms with Gasteiger partial charge in [-0.3, -0.25) is 4.79 Å². The van der Waals surface area contributed by atoms with Gasteiger partial charge >= 0.3 is 5.97 Å². The van der Waals surface area contributed by atoms with Gasteiger partial charge in [-0.15, -0.1) is 11.3 Å². The average Bonchev–Trinajstić information content (AvgIpc) is 3.43. The molecule has 0 amide bonds. The number of nitrogens with one attached hydrogen (secondary N) is 1. The lowest BCUT2D eigenvalue weighted by Gasteiger charge is -2.17. The van der Waals surface area contributed by atoms with Crippen molar-refractivity contribution in [2.45, 2.75) is 56.8 Å². The molecule has 1 aliphatic heterocycles. The molecule has 3 aromatic rings. The van der Waals surface area contributed by atoms with Gasteiger partial charge in [0.2, 0.25) is 5.88 Å². The quantitative estimate of drug-likeness (QED) is 0.466. The van der Waals surface area contributed by atoms with Gasteiger partial charge in [0.1, 0.15) is 5.82 Å². The molecule has 2 aliphatic rings. The molecule has 1 saturated carbocycles. The monoisotopic (exact) mass is 467 g/mol. The number of thiazole rings is 1. The molecule has 0 radical (unpaired) electrons. The Hall–Kier alpha value is -2.94. The summed E-state index contributed by atoms with van der Waals surface area (Å²) in [4.78, 5) is 21.8. The first-order valence-corrected chi connectivity index (χ1v) is 12.4. The molecule has 9 heteroatoms. The maximum absolute atomic E-state index is 11.5. The lowest BCUT2D eigenvalue weighted by atomic mass is 9.98. The number of carboxylic acid groups (broad SMARTS) is 1. The van der Waals surface area contributed by atoms with E-state index in [9.17, 15) is 9.90 Å². The minimum Gasteiger partial charge on any atom is -0.481 e. The van der Waals surface area contributed by atoms with Crippen LogP contribution in [-0.4, -0.2) is 44.0 Å². The zero-order chi connectivity index (χ0) is 22.8. The van der Waals surface area contributed by atoms with E-state index in [-0.39, 0.29) is 12.3 Å². The summed E-state index contributed by atoms with van der Waals surface area (Å²) in [6.45, 7) is 1.48. The summed E-state index contributed by atoms with van der Waals surface area (Å²) in [7, 11) is 1.85. The van der Waals surface area contributed by atoms with E-state index in [2.05, 4.69) is 27.5 Å². The third-order valence-corrected chi connectivity index (χ3v) is 7.52. The van der Waals surface area contributed by atoms with Crippen molar-refractivity contribution in [3.63, 3.8) is 0 Å². The molecule has 0 aromatic carbocycles. The van der Waals surface area contributed by atoms with Crippen molar-refractivity contribution in [3.05, 3.63) is 51.2 Å². The topological polar surface area (TPSA) is 102 Å². The SMILES string of the molecule is Cn1nc(CC(CC(=O)O)c2cnc(C3CC3)s2)cc1OCCc1ccc2c(n1)NCCC2. The Morgan fingerprint density at radius 2 is 2.24 bits per heavy atom. The maximum Gasteiger partial charge on any atom is 0.304 e. The molecule has 1 atom stereocenters. The number of hydrogen-bond acceptors (Lipinski definition) is 7. The van der Waals surface area contributed by atoms with E-state index in [0.29, 0.717) is 31.2 Å². The third kappa shape index (κ3) is 5.35. The molecule has 2 N–H and O–H groups in total. The van der Waals surface area contributed by atoms with E-state index in [1.807, 2.05) is 19.3 Å². The predicted molar refractivity (Wildman–Crippen MR) is 126 cm³/mol. The number of aliphatic carboxylic acids is 1. The molecule has 174 valence electrons. The summed E-state index contributed by atoms with van der Waals surface area (Å²) in [5.41, 5.74) is 3.11. The van der Waals surface area contributed by atoms with Crippen molar-refractivity contribution < 1.29 is 14.6 Å². The van der Waals surface area contributed by atoms with E-state index in [0.717, 1.165) is 46.5 Å². The van der Waals surface area contributed by atoms with Gasteiger partial charge < -0.3 is 15.2 Å². The van der Waals surface area contributed by atoms with Crippen molar-refractivity contribution in [2.75, 3.05) is 18.5 Å². The van der Waals surface area contributed by atoms with E-state index in [1.54, 1.807) is 16.0 Å². The maximum atomic E-state index is 11.5. The Labute approximate surface area is 197 Å². The fourth-order valence-electron chi connectivity index (χ4n) is 4.25. The lowest BCUT2D eigenvalue weighted by Crippen LogP contribution is -2.14. The number of anilines is 1. The molecule has 0 spiro atoms. The molecule has 8 nitrogen and oxygen atoms in total. The van der Waals surface area contributed by atoms with Crippen LogP contribution in [0, 0.1) is 0 Å². The molecule has 5 rings (SSSR count). The Balaban J connectivity index is 1.21. The van der Waals surface area contributed by atoms with Crippen LogP contribution in [0.4, 0.5) is 5.82 Å². The van der Waals surface area contributed by atoms with Crippen molar-refractivity contribution in [3.8, 4) is 5.88 Å². The Morgan fingerprint density at radius 1 is 1.36 bits per heavy atom. The Bertz CT molecular complexity index is 1140. The summed E-state index contributed by atoms with van der Waals surface area (Å²) in [6, 6.07) is 6.15. The van der Waals surface area contributed by atoms with Crippen LogP contribution in [0.25, 0.3) is 0 Å². The molecular formula is C24H29N5O3S. The lowest BCUT2D eigenvalue weighted by molar-refractivity contribution is -0.137. The van der Waals surface area contributed by atoms with Crippen LogP contribution in [0.1, 0.15) is 64.4 Å². The number of fused-ring (bicyclic) bond motifs is 1. The first-order valence-electron chi connectivity index (χ1n) is 11.6. The molecule has 3 aromatic heterocycles. The fourth-order valence-corrected chi connectivity index (χ4v) is 5.44. The minimum absolute atomic E-state index is 0.0666. The highest BCUT2D eigenvalue weighted by atomic mass is 32.1. The van der Waals surface area contributed by atoms with E-state index in [1.165, 1.54) is 18.4 Å². The molecular weight excluding hydrogens is 438 g/mol. The zero-order valence-corrected chi connectivity index (χ0v) is 19.6. The highest BCUT2D eigenvalue weighted by Crippen LogP contribution is 2.43. The molecule has 1 fully saturated rings. The molecule has 4 heterocycles. The number of carbonyl (C=O) groups is 1. The van der Waals surface area contributed by atoms with Crippen LogP contribution in [0.5, 0.6) is 5.88 Å². The molecule has 1 aliphatic carbocycles. The summed E-state index contributed by atoms with van der Waals surface area (Å²) >= 11 is 1.65. The number of pyridine rings is 1. The van der Waals surface area contributed by atoms with Crippen LogP contribution in [0.15, 0.2) is 24.4 Å².